The number of Topliss-reactive ketones (excluding diaryl/α,β-unsaturated/α-hetero) is 1. The summed E-state index contributed by atoms with van der Waals surface area (Å²) in [6, 6.07) is 6.27. The minimum Gasteiger partial charge on any atom is -0.292 e. The second-order valence-electron chi connectivity index (χ2n) is 4.61. The van der Waals surface area contributed by atoms with Crippen LogP contribution in [-0.2, 0) is 0 Å². The maximum Gasteiger partial charge on any atom is 0.179 e. The van der Waals surface area contributed by atoms with E-state index in [1.54, 1.807) is 12.1 Å². The van der Waals surface area contributed by atoms with Gasteiger partial charge in [-0.15, -0.1) is 0 Å². The third-order valence-corrected chi connectivity index (χ3v) is 3.39. The molecule has 0 aromatic heterocycles. The molecule has 0 saturated heterocycles. The summed E-state index contributed by atoms with van der Waals surface area (Å²) in [5.74, 6) is -0.220. The van der Waals surface area contributed by atoms with Crippen molar-refractivity contribution in [3.8, 4) is 0 Å². The molecule has 1 aliphatic rings. The molecule has 0 radical (unpaired) electrons. The maximum atomic E-state index is 12.8. The molecule has 2 nitrogen and oxygen atoms in total. The Labute approximate surface area is 101 Å². The van der Waals surface area contributed by atoms with Crippen molar-refractivity contribution in [2.75, 3.05) is 6.54 Å². The molecule has 2 rings (SSSR count). The van der Waals surface area contributed by atoms with Crippen LogP contribution in [0.25, 0.3) is 0 Å². The first-order valence-electron chi connectivity index (χ1n) is 6.19. The highest BCUT2D eigenvalue weighted by Crippen LogP contribution is 2.29. The van der Waals surface area contributed by atoms with Crippen molar-refractivity contribution in [3.05, 3.63) is 35.6 Å². The number of hydrogen-bond donors (Lipinski definition) is 0. The Kier molecular flexibility index (Phi) is 3.57. The maximum absolute atomic E-state index is 12.8. The van der Waals surface area contributed by atoms with Gasteiger partial charge in [0, 0.05) is 11.6 Å². The number of nitrogens with zero attached hydrogens (tertiary/aromatic N) is 1. The largest absolute Gasteiger partial charge is 0.292 e. The van der Waals surface area contributed by atoms with Gasteiger partial charge in [-0.25, -0.2) is 4.39 Å². The van der Waals surface area contributed by atoms with Crippen LogP contribution in [0.5, 0.6) is 0 Å². The van der Waals surface area contributed by atoms with Crippen molar-refractivity contribution in [1.82, 2.24) is 4.90 Å². The average Bonchev–Trinajstić information content (AvgIpc) is 3.14. The first-order chi connectivity index (χ1) is 8.13. The number of halogens is 1. The molecule has 1 aliphatic carbocycles. The number of carbonyl (C=O) groups excluding carboxylic acids is 1. The van der Waals surface area contributed by atoms with Crippen LogP contribution in [0.2, 0.25) is 0 Å². The summed E-state index contributed by atoms with van der Waals surface area (Å²) in [7, 11) is 0. The van der Waals surface area contributed by atoms with Gasteiger partial charge >= 0.3 is 0 Å². The van der Waals surface area contributed by atoms with E-state index in [-0.39, 0.29) is 17.6 Å². The van der Waals surface area contributed by atoms with Crippen molar-refractivity contribution in [3.63, 3.8) is 0 Å². The topological polar surface area (TPSA) is 20.3 Å². The number of rotatable bonds is 5. The van der Waals surface area contributed by atoms with Crippen LogP contribution in [0, 0.1) is 5.82 Å². The fourth-order valence-electron chi connectivity index (χ4n) is 2.26. The smallest absolute Gasteiger partial charge is 0.179 e. The molecule has 1 saturated carbocycles. The van der Waals surface area contributed by atoms with Crippen LogP contribution in [0.4, 0.5) is 4.39 Å². The van der Waals surface area contributed by atoms with E-state index in [0.29, 0.717) is 11.6 Å². The SMILES string of the molecule is CCN(C1CC1)C(C)C(=O)c1ccc(F)cc1. The van der Waals surface area contributed by atoms with Gasteiger partial charge in [-0.1, -0.05) is 6.92 Å². The molecule has 92 valence electrons. The van der Waals surface area contributed by atoms with Gasteiger partial charge in [0.05, 0.1) is 6.04 Å². The Hall–Kier alpha value is -1.22. The highest BCUT2D eigenvalue weighted by Gasteiger charge is 2.33. The zero-order valence-electron chi connectivity index (χ0n) is 10.3. The van der Waals surface area contributed by atoms with Crippen molar-refractivity contribution in [2.24, 2.45) is 0 Å². The molecule has 0 spiro atoms. The van der Waals surface area contributed by atoms with Crippen LogP contribution in [0.1, 0.15) is 37.0 Å². The van der Waals surface area contributed by atoms with Gasteiger partial charge in [0.25, 0.3) is 0 Å². The predicted molar refractivity (Wildman–Crippen MR) is 65.6 cm³/mol. The van der Waals surface area contributed by atoms with Crippen molar-refractivity contribution < 1.29 is 9.18 Å². The Bertz CT molecular complexity index is 397. The molecular formula is C14H18FNO. The van der Waals surface area contributed by atoms with Gasteiger partial charge in [0.15, 0.2) is 5.78 Å². The van der Waals surface area contributed by atoms with Crippen LogP contribution >= 0.6 is 0 Å². The highest BCUT2D eigenvalue weighted by molar-refractivity contribution is 5.99. The minimum absolute atomic E-state index is 0.0822. The Balaban J connectivity index is 2.10. The summed E-state index contributed by atoms with van der Waals surface area (Å²) in [6.07, 6.45) is 2.38. The van der Waals surface area contributed by atoms with E-state index in [1.807, 2.05) is 6.92 Å². The van der Waals surface area contributed by atoms with E-state index >= 15 is 0 Å². The summed E-state index contributed by atoms with van der Waals surface area (Å²) in [5, 5.41) is 0. The number of ketones is 1. The van der Waals surface area contributed by atoms with Gasteiger partial charge in [-0.2, -0.15) is 0 Å². The van der Waals surface area contributed by atoms with Crippen molar-refractivity contribution >= 4 is 5.78 Å². The molecule has 0 heterocycles. The van der Waals surface area contributed by atoms with Crippen LogP contribution in [-0.4, -0.2) is 29.3 Å². The Morgan fingerprint density at radius 2 is 2.00 bits per heavy atom. The second-order valence-corrected chi connectivity index (χ2v) is 4.61. The third-order valence-electron chi connectivity index (χ3n) is 3.39. The summed E-state index contributed by atoms with van der Waals surface area (Å²) in [5.41, 5.74) is 0.595. The van der Waals surface area contributed by atoms with Crippen LogP contribution < -0.4 is 0 Å². The fraction of sp³-hybridized carbons (Fsp3) is 0.500. The molecule has 3 heteroatoms. The first kappa shape index (κ1) is 12.2. The van der Waals surface area contributed by atoms with E-state index in [2.05, 4.69) is 11.8 Å². The lowest BCUT2D eigenvalue weighted by Crippen LogP contribution is -2.40. The van der Waals surface area contributed by atoms with Gasteiger partial charge in [-0.3, -0.25) is 9.69 Å². The van der Waals surface area contributed by atoms with Gasteiger partial charge < -0.3 is 0 Å². The lowest BCUT2D eigenvalue weighted by Gasteiger charge is -2.26. The van der Waals surface area contributed by atoms with Gasteiger partial charge in [0.1, 0.15) is 5.82 Å². The zero-order valence-corrected chi connectivity index (χ0v) is 10.3. The molecular weight excluding hydrogens is 217 g/mol. The lowest BCUT2D eigenvalue weighted by atomic mass is 10.0. The molecule has 1 fully saturated rings. The summed E-state index contributed by atoms with van der Waals surface area (Å²) in [6.45, 7) is 4.90. The van der Waals surface area contributed by atoms with Crippen molar-refractivity contribution in [2.45, 2.75) is 38.8 Å². The van der Waals surface area contributed by atoms with E-state index in [4.69, 9.17) is 0 Å². The normalized spacial score (nSPS) is 17.2. The summed E-state index contributed by atoms with van der Waals surface area (Å²) >= 11 is 0. The Morgan fingerprint density at radius 3 is 2.47 bits per heavy atom. The zero-order chi connectivity index (χ0) is 12.4. The van der Waals surface area contributed by atoms with Gasteiger partial charge in [-0.05, 0) is 50.6 Å². The quantitative estimate of drug-likeness (QED) is 0.731. The molecule has 0 aliphatic heterocycles. The molecule has 0 N–H and O–H groups in total. The van der Waals surface area contributed by atoms with E-state index in [1.165, 1.54) is 25.0 Å². The van der Waals surface area contributed by atoms with E-state index in [9.17, 15) is 9.18 Å². The van der Waals surface area contributed by atoms with Crippen LogP contribution in [0.15, 0.2) is 24.3 Å². The average molecular weight is 235 g/mol. The molecule has 17 heavy (non-hydrogen) atoms. The molecule has 1 aromatic carbocycles. The summed E-state index contributed by atoms with van der Waals surface area (Å²) in [4.78, 5) is 14.5. The fourth-order valence-corrected chi connectivity index (χ4v) is 2.26. The van der Waals surface area contributed by atoms with Gasteiger partial charge in [0.2, 0.25) is 0 Å². The van der Waals surface area contributed by atoms with Crippen molar-refractivity contribution in [1.29, 1.82) is 0 Å². The first-order valence-corrected chi connectivity index (χ1v) is 6.19. The number of likely N-dealkylation sites (N-methyl/N-ethyl adjacent to an activating group) is 1. The standard InChI is InChI=1S/C14H18FNO/c1-3-16(13-8-9-13)10(2)14(17)11-4-6-12(15)7-5-11/h4-7,10,13H,3,8-9H2,1-2H3. The second kappa shape index (κ2) is 4.96. The van der Waals surface area contributed by atoms with E-state index in [0.717, 1.165) is 6.54 Å². The monoisotopic (exact) mass is 235 g/mol. The highest BCUT2D eigenvalue weighted by atomic mass is 19.1. The third kappa shape index (κ3) is 2.72. The predicted octanol–water partition coefficient (Wildman–Crippen LogP) is 2.88. The number of benzene rings is 1. The molecule has 1 aromatic rings. The minimum atomic E-state index is -0.302. The summed E-state index contributed by atoms with van der Waals surface area (Å²) < 4.78 is 12.8. The molecule has 0 amide bonds. The number of carbonyl (C=O) groups is 1. The number of hydrogen-bond acceptors (Lipinski definition) is 2. The Morgan fingerprint density at radius 1 is 1.41 bits per heavy atom. The lowest BCUT2D eigenvalue weighted by molar-refractivity contribution is 0.0834. The van der Waals surface area contributed by atoms with E-state index < -0.39 is 0 Å². The molecule has 1 unspecified atom stereocenters. The molecule has 0 bridgehead atoms. The van der Waals surface area contributed by atoms with Crippen LogP contribution in [0.3, 0.4) is 0 Å². The molecule has 1 atom stereocenters.